The summed E-state index contributed by atoms with van der Waals surface area (Å²) in [7, 11) is -3.11. The summed E-state index contributed by atoms with van der Waals surface area (Å²) in [5, 5.41) is 0. The number of hydrogen-bond acceptors (Lipinski definition) is 6. The average Bonchev–Trinajstić information content (AvgIpc) is 2.41. The maximum Gasteiger partial charge on any atom is 0.309 e. The molecule has 0 saturated heterocycles. The summed E-state index contributed by atoms with van der Waals surface area (Å²) >= 11 is 0. The molecule has 0 aliphatic rings. The minimum absolute atomic E-state index is 0.0422. The zero-order valence-electron chi connectivity index (χ0n) is 11.4. The molecule has 0 aliphatic carbocycles. The van der Waals surface area contributed by atoms with Crippen LogP contribution in [0.3, 0.4) is 0 Å². The van der Waals surface area contributed by atoms with Crippen molar-refractivity contribution < 1.29 is 22.7 Å². The Hall–Kier alpha value is -1.76. The molecule has 7 heteroatoms. The standard InChI is InChI=1S/C13H19NO5S/c1-2-20(16,17)10-9-19-13(15)7-8-18-12-6-4-3-5-11(12)14/h3-6H,2,7-10,14H2,1H3. The normalized spacial score (nSPS) is 11.1. The molecule has 0 saturated carbocycles. The molecule has 6 nitrogen and oxygen atoms in total. The van der Waals surface area contributed by atoms with E-state index in [0.29, 0.717) is 11.4 Å². The third kappa shape index (κ3) is 5.92. The number of benzene rings is 1. The molecule has 0 bridgehead atoms. The van der Waals surface area contributed by atoms with Gasteiger partial charge < -0.3 is 15.2 Å². The van der Waals surface area contributed by atoms with Gasteiger partial charge in [-0.2, -0.15) is 0 Å². The Bertz CT molecular complexity index is 541. The second kappa shape index (κ2) is 7.74. The molecule has 0 spiro atoms. The first-order chi connectivity index (χ1) is 9.44. The van der Waals surface area contributed by atoms with Crippen LogP contribution in [0.5, 0.6) is 5.75 Å². The first kappa shape index (κ1) is 16.3. The number of ether oxygens (including phenoxy) is 2. The SMILES string of the molecule is CCS(=O)(=O)CCOC(=O)CCOc1ccccc1N. The Morgan fingerprint density at radius 3 is 2.60 bits per heavy atom. The summed E-state index contributed by atoms with van der Waals surface area (Å²) in [4.78, 5) is 11.4. The van der Waals surface area contributed by atoms with Gasteiger partial charge in [-0.3, -0.25) is 4.79 Å². The van der Waals surface area contributed by atoms with Crippen LogP contribution in [0.1, 0.15) is 13.3 Å². The molecule has 20 heavy (non-hydrogen) atoms. The van der Waals surface area contributed by atoms with Crippen LogP contribution in [0, 0.1) is 0 Å². The topological polar surface area (TPSA) is 95.7 Å². The molecule has 112 valence electrons. The molecule has 0 amide bonds. The highest BCUT2D eigenvalue weighted by Gasteiger charge is 2.10. The molecule has 0 aromatic heterocycles. The van der Waals surface area contributed by atoms with E-state index in [1.807, 2.05) is 0 Å². The number of esters is 1. The summed E-state index contributed by atoms with van der Waals surface area (Å²) in [6, 6.07) is 6.96. The second-order valence-electron chi connectivity index (χ2n) is 4.09. The lowest BCUT2D eigenvalue weighted by Crippen LogP contribution is -2.18. The molecule has 0 heterocycles. The Morgan fingerprint density at radius 2 is 1.95 bits per heavy atom. The summed E-state index contributed by atoms with van der Waals surface area (Å²) in [6.07, 6.45) is 0.0422. The van der Waals surface area contributed by atoms with E-state index in [1.165, 1.54) is 0 Å². The van der Waals surface area contributed by atoms with Crippen LogP contribution in [-0.2, 0) is 19.4 Å². The third-order valence-electron chi connectivity index (χ3n) is 2.58. The molecule has 1 aromatic carbocycles. The van der Waals surface area contributed by atoms with Gasteiger partial charge in [-0.15, -0.1) is 0 Å². The molecule has 1 aromatic rings. The highest BCUT2D eigenvalue weighted by Crippen LogP contribution is 2.19. The number of rotatable bonds is 8. The fraction of sp³-hybridized carbons (Fsp3) is 0.462. The fourth-order valence-corrected chi connectivity index (χ4v) is 1.98. The van der Waals surface area contributed by atoms with Crippen molar-refractivity contribution in [3.8, 4) is 5.75 Å². The highest BCUT2D eigenvalue weighted by atomic mass is 32.2. The molecule has 0 aliphatic heterocycles. The minimum Gasteiger partial charge on any atom is -0.491 e. The average molecular weight is 301 g/mol. The van der Waals surface area contributed by atoms with E-state index in [1.54, 1.807) is 31.2 Å². The number of nitrogen functional groups attached to an aromatic ring is 1. The summed E-state index contributed by atoms with van der Waals surface area (Å²) in [5.41, 5.74) is 6.17. The van der Waals surface area contributed by atoms with E-state index in [-0.39, 0.29) is 31.1 Å². The van der Waals surface area contributed by atoms with Crippen molar-refractivity contribution in [1.29, 1.82) is 0 Å². The number of hydrogen-bond donors (Lipinski definition) is 1. The minimum atomic E-state index is -3.11. The van der Waals surface area contributed by atoms with Crippen molar-refractivity contribution in [3.63, 3.8) is 0 Å². The van der Waals surface area contributed by atoms with Gasteiger partial charge in [0.05, 0.1) is 24.5 Å². The van der Waals surface area contributed by atoms with Crippen molar-refractivity contribution in [1.82, 2.24) is 0 Å². The molecular formula is C13H19NO5S. The van der Waals surface area contributed by atoms with E-state index in [4.69, 9.17) is 15.2 Å². The Morgan fingerprint density at radius 1 is 1.25 bits per heavy atom. The molecular weight excluding hydrogens is 282 g/mol. The zero-order chi connectivity index (χ0) is 15.0. The summed E-state index contributed by atoms with van der Waals surface area (Å²) < 4.78 is 32.5. The number of carbonyl (C=O) groups excluding carboxylic acids is 1. The van der Waals surface area contributed by atoms with Gasteiger partial charge in [-0.25, -0.2) is 8.42 Å². The first-order valence-corrected chi connectivity index (χ1v) is 8.10. The van der Waals surface area contributed by atoms with E-state index in [0.717, 1.165) is 0 Å². The maximum atomic E-state index is 11.4. The van der Waals surface area contributed by atoms with Crippen LogP contribution < -0.4 is 10.5 Å². The Kier molecular flexibility index (Phi) is 6.30. The van der Waals surface area contributed by atoms with Crippen molar-refractivity contribution in [2.45, 2.75) is 13.3 Å². The van der Waals surface area contributed by atoms with E-state index in [2.05, 4.69) is 0 Å². The lowest BCUT2D eigenvalue weighted by molar-refractivity contribution is -0.143. The lowest BCUT2D eigenvalue weighted by Gasteiger charge is -2.08. The Balaban J connectivity index is 2.23. The van der Waals surface area contributed by atoms with Crippen LogP contribution in [0.25, 0.3) is 0 Å². The molecule has 0 fully saturated rings. The first-order valence-electron chi connectivity index (χ1n) is 6.28. The number of anilines is 1. The fourth-order valence-electron chi connectivity index (χ4n) is 1.36. The summed E-state index contributed by atoms with van der Waals surface area (Å²) in [6.45, 7) is 1.56. The number of para-hydroxylation sites is 2. The molecule has 2 N–H and O–H groups in total. The van der Waals surface area contributed by atoms with Gasteiger partial charge in [0.1, 0.15) is 12.4 Å². The highest BCUT2D eigenvalue weighted by molar-refractivity contribution is 7.91. The lowest BCUT2D eigenvalue weighted by atomic mass is 10.3. The zero-order valence-corrected chi connectivity index (χ0v) is 12.2. The van der Waals surface area contributed by atoms with Gasteiger partial charge in [0.25, 0.3) is 0 Å². The molecule has 0 atom stereocenters. The van der Waals surface area contributed by atoms with Crippen molar-refractivity contribution in [2.75, 3.05) is 30.5 Å². The predicted molar refractivity (Wildman–Crippen MR) is 76.3 cm³/mol. The van der Waals surface area contributed by atoms with Crippen LogP contribution in [0.2, 0.25) is 0 Å². The summed E-state index contributed by atoms with van der Waals surface area (Å²) in [5.74, 6) is -0.0949. The van der Waals surface area contributed by atoms with Gasteiger partial charge >= 0.3 is 5.97 Å². The monoisotopic (exact) mass is 301 g/mol. The van der Waals surface area contributed by atoms with Crippen molar-refractivity contribution in [2.24, 2.45) is 0 Å². The van der Waals surface area contributed by atoms with Crippen molar-refractivity contribution >= 4 is 21.5 Å². The largest absolute Gasteiger partial charge is 0.491 e. The predicted octanol–water partition coefficient (Wildman–Crippen LogP) is 1.02. The Labute approximate surface area is 118 Å². The van der Waals surface area contributed by atoms with E-state index < -0.39 is 15.8 Å². The molecule has 0 radical (unpaired) electrons. The van der Waals surface area contributed by atoms with E-state index in [9.17, 15) is 13.2 Å². The quantitative estimate of drug-likeness (QED) is 0.569. The number of carbonyl (C=O) groups is 1. The van der Waals surface area contributed by atoms with Crippen LogP contribution in [-0.4, -0.2) is 39.1 Å². The van der Waals surface area contributed by atoms with Crippen LogP contribution in [0.15, 0.2) is 24.3 Å². The van der Waals surface area contributed by atoms with Gasteiger partial charge in [0.2, 0.25) is 0 Å². The van der Waals surface area contributed by atoms with Crippen LogP contribution >= 0.6 is 0 Å². The van der Waals surface area contributed by atoms with Gasteiger partial charge in [0.15, 0.2) is 9.84 Å². The number of sulfone groups is 1. The van der Waals surface area contributed by atoms with Gasteiger partial charge in [-0.05, 0) is 12.1 Å². The smallest absolute Gasteiger partial charge is 0.309 e. The van der Waals surface area contributed by atoms with Gasteiger partial charge in [0, 0.05) is 5.75 Å². The van der Waals surface area contributed by atoms with Crippen LogP contribution in [0.4, 0.5) is 5.69 Å². The third-order valence-corrected chi connectivity index (χ3v) is 4.25. The van der Waals surface area contributed by atoms with Crippen molar-refractivity contribution in [3.05, 3.63) is 24.3 Å². The maximum absolute atomic E-state index is 11.4. The number of nitrogens with two attached hydrogens (primary N) is 1. The van der Waals surface area contributed by atoms with Gasteiger partial charge in [-0.1, -0.05) is 19.1 Å². The molecule has 0 unspecified atom stereocenters. The second-order valence-corrected chi connectivity index (χ2v) is 6.57. The van der Waals surface area contributed by atoms with E-state index >= 15 is 0 Å². The molecule has 1 rings (SSSR count).